The molecular formula is C20H25NO2. The number of hydrogen-bond donors (Lipinski definition) is 1. The Morgan fingerprint density at radius 2 is 1.70 bits per heavy atom. The lowest BCUT2D eigenvalue weighted by atomic mass is 9.84. The van der Waals surface area contributed by atoms with E-state index >= 15 is 0 Å². The molecule has 0 radical (unpaired) electrons. The molecule has 23 heavy (non-hydrogen) atoms. The number of hydrogen-bond acceptors (Lipinski definition) is 2. The van der Waals surface area contributed by atoms with E-state index in [2.05, 4.69) is 31.3 Å². The third kappa shape index (κ3) is 5.13. The van der Waals surface area contributed by atoms with Crippen molar-refractivity contribution in [2.75, 3.05) is 13.2 Å². The molecule has 2 rings (SSSR count). The molecule has 1 amide bonds. The molecule has 3 nitrogen and oxygen atoms in total. The van der Waals surface area contributed by atoms with Crippen LogP contribution in [0.1, 0.15) is 31.9 Å². The van der Waals surface area contributed by atoms with Gasteiger partial charge in [-0.2, -0.15) is 0 Å². The molecule has 0 aliphatic carbocycles. The zero-order valence-electron chi connectivity index (χ0n) is 14.1. The highest BCUT2D eigenvalue weighted by atomic mass is 16.5. The molecule has 2 aromatic carbocycles. The van der Waals surface area contributed by atoms with E-state index in [1.807, 2.05) is 49.4 Å². The molecule has 0 unspecified atom stereocenters. The standard InChI is InChI=1S/C20H25NO2/c1-4-23-18-12-10-16(11-13-18)14-19(22)21-15-20(2,3)17-8-6-5-7-9-17/h5-13H,4,14-15H2,1-3H3,(H,21,22). The Kier molecular flexibility index (Phi) is 5.80. The largest absolute Gasteiger partial charge is 0.494 e. The van der Waals surface area contributed by atoms with Crippen LogP contribution in [-0.2, 0) is 16.6 Å². The summed E-state index contributed by atoms with van der Waals surface area (Å²) < 4.78 is 5.41. The summed E-state index contributed by atoms with van der Waals surface area (Å²) >= 11 is 0. The van der Waals surface area contributed by atoms with Crippen molar-refractivity contribution in [3.8, 4) is 5.75 Å². The van der Waals surface area contributed by atoms with Crippen molar-refractivity contribution in [2.24, 2.45) is 0 Å². The van der Waals surface area contributed by atoms with E-state index in [-0.39, 0.29) is 11.3 Å². The lowest BCUT2D eigenvalue weighted by molar-refractivity contribution is -0.120. The van der Waals surface area contributed by atoms with Crippen LogP contribution in [0, 0.1) is 0 Å². The number of nitrogens with one attached hydrogen (secondary N) is 1. The van der Waals surface area contributed by atoms with Gasteiger partial charge in [0.25, 0.3) is 0 Å². The Balaban J connectivity index is 1.87. The first-order valence-electron chi connectivity index (χ1n) is 8.05. The Morgan fingerprint density at radius 3 is 2.30 bits per heavy atom. The summed E-state index contributed by atoms with van der Waals surface area (Å²) in [5.41, 5.74) is 2.13. The first-order chi connectivity index (χ1) is 11.0. The second-order valence-electron chi connectivity index (χ2n) is 6.28. The molecule has 0 fully saturated rings. The minimum absolute atomic E-state index is 0.0400. The smallest absolute Gasteiger partial charge is 0.224 e. The van der Waals surface area contributed by atoms with Crippen LogP contribution >= 0.6 is 0 Å². The fourth-order valence-electron chi connectivity index (χ4n) is 2.43. The number of rotatable bonds is 7. The van der Waals surface area contributed by atoms with E-state index in [0.29, 0.717) is 19.6 Å². The van der Waals surface area contributed by atoms with E-state index in [4.69, 9.17) is 4.74 Å². The summed E-state index contributed by atoms with van der Waals surface area (Å²) in [6, 6.07) is 17.9. The minimum atomic E-state index is -0.0876. The quantitative estimate of drug-likeness (QED) is 0.846. The number of carbonyl (C=O) groups is 1. The van der Waals surface area contributed by atoms with Gasteiger partial charge in [-0.05, 0) is 30.2 Å². The summed E-state index contributed by atoms with van der Waals surface area (Å²) in [5.74, 6) is 0.875. The highest BCUT2D eigenvalue weighted by Crippen LogP contribution is 2.21. The second-order valence-corrected chi connectivity index (χ2v) is 6.28. The molecule has 0 aliphatic heterocycles. The second kappa shape index (κ2) is 7.82. The van der Waals surface area contributed by atoms with Crippen LogP contribution in [0.5, 0.6) is 5.75 Å². The van der Waals surface area contributed by atoms with Gasteiger partial charge >= 0.3 is 0 Å². The third-order valence-corrected chi connectivity index (χ3v) is 3.88. The third-order valence-electron chi connectivity index (χ3n) is 3.88. The van der Waals surface area contributed by atoms with Crippen LogP contribution in [0.15, 0.2) is 54.6 Å². The summed E-state index contributed by atoms with van der Waals surface area (Å²) in [6.07, 6.45) is 0.386. The average Bonchev–Trinajstić information content (AvgIpc) is 2.56. The monoisotopic (exact) mass is 311 g/mol. The highest BCUT2D eigenvalue weighted by molar-refractivity contribution is 5.78. The Bertz CT molecular complexity index is 618. The van der Waals surface area contributed by atoms with E-state index in [0.717, 1.165) is 11.3 Å². The zero-order valence-corrected chi connectivity index (χ0v) is 14.1. The summed E-state index contributed by atoms with van der Waals surface area (Å²) in [4.78, 5) is 12.2. The fourth-order valence-corrected chi connectivity index (χ4v) is 2.43. The maximum atomic E-state index is 12.2. The maximum absolute atomic E-state index is 12.2. The lowest BCUT2D eigenvalue weighted by Crippen LogP contribution is -2.37. The molecule has 3 heteroatoms. The summed E-state index contributed by atoms with van der Waals surface area (Å²) in [7, 11) is 0. The predicted molar refractivity (Wildman–Crippen MR) is 93.8 cm³/mol. The molecule has 122 valence electrons. The predicted octanol–water partition coefficient (Wildman–Crippen LogP) is 3.72. The topological polar surface area (TPSA) is 38.3 Å². The van der Waals surface area contributed by atoms with Gasteiger partial charge in [0.2, 0.25) is 5.91 Å². The Labute approximate surface area is 138 Å². The SMILES string of the molecule is CCOc1ccc(CC(=O)NCC(C)(C)c2ccccc2)cc1. The Hall–Kier alpha value is -2.29. The lowest BCUT2D eigenvalue weighted by Gasteiger charge is -2.25. The first-order valence-corrected chi connectivity index (χ1v) is 8.05. The highest BCUT2D eigenvalue weighted by Gasteiger charge is 2.21. The Morgan fingerprint density at radius 1 is 1.04 bits per heavy atom. The molecule has 0 atom stereocenters. The number of benzene rings is 2. The van der Waals surface area contributed by atoms with Crippen molar-refractivity contribution in [1.82, 2.24) is 5.32 Å². The molecule has 0 heterocycles. The average molecular weight is 311 g/mol. The van der Waals surface area contributed by atoms with Gasteiger partial charge in [-0.3, -0.25) is 4.79 Å². The van der Waals surface area contributed by atoms with E-state index in [9.17, 15) is 4.79 Å². The molecule has 0 spiro atoms. The van der Waals surface area contributed by atoms with Crippen LogP contribution in [0.3, 0.4) is 0 Å². The molecule has 2 aromatic rings. The maximum Gasteiger partial charge on any atom is 0.224 e. The van der Waals surface area contributed by atoms with E-state index < -0.39 is 0 Å². The summed E-state index contributed by atoms with van der Waals surface area (Å²) in [5, 5.41) is 3.04. The van der Waals surface area contributed by atoms with Gasteiger partial charge in [-0.15, -0.1) is 0 Å². The molecule has 0 saturated heterocycles. The van der Waals surface area contributed by atoms with Crippen LogP contribution in [0.4, 0.5) is 0 Å². The fraction of sp³-hybridized carbons (Fsp3) is 0.350. The molecule has 0 saturated carbocycles. The van der Waals surface area contributed by atoms with Gasteiger partial charge < -0.3 is 10.1 Å². The van der Waals surface area contributed by atoms with Gasteiger partial charge in [0.1, 0.15) is 5.75 Å². The van der Waals surface area contributed by atoms with Crippen LogP contribution < -0.4 is 10.1 Å². The van der Waals surface area contributed by atoms with Crippen molar-refractivity contribution in [2.45, 2.75) is 32.6 Å². The number of carbonyl (C=O) groups excluding carboxylic acids is 1. The van der Waals surface area contributed by atoms with Crippen molar-refractivity contribution in [1.29, 1.82) is 0 Å². The number of amides is 1. The molecule has 0 aromatic heterocycles. The minimum Gasteiger partial charge on any atom is -0.494 e. The van der Waals surface area contributed by atoms with Crippen LogP contribution in [0.2, 0.25) is 0 Å². The molecule has 0 bridgehead atoms. The van der Waals surface area contributed by atoms with Crippen LogP contribution in [0.25, 0.3) is 0 Å². The van der Waals surface area contributed by atoms with E-state index in [1.54, 1.807) is 0 Å². The summed E-state index contributed by atoms with van der Waals surface area (Å²) in [6.45, 7) is 7.50. The van der Waals surface area contributed by atoms with Crippen molar-refractivity contribution in [3.63, 3.8) is 0 Å². The zero-order chi connectivity index (χ0) is 16.7. The van der Waals surface area contributed by atoms with Crippen molar-refractivity contribution in [3.05, 3.63) is 65.7 Å². The van der Waals surface area contributed by atoms with Crippen molar-refractivity contribution < 1.29 is 9.53 Å². The molecular weight excluding hydrogens is 286 g/mol. The van der Waals surface area contributed by atoms with Gasteiger partial charge in [0.05, 0.1) is 13.0 Å². The van der Waals surface area contributed by atoms with Gasteiger partial charge in [0, 0.05) is 12.0 Å². The normalized spacial score (nSPS) is 11.1. The van der Waals surface area contributed by atoms with Crippen molar-refractivity contribution >= 4 is 5.91 Å². The van der Waals surface area contributed by atoms with Gasteiger partial charge in [-0.1, -0.05) is 56.3 Å². The molecule has 1 N–H and O–H groups in total. The van der Waals surface area contributed by atoms with Gasteiger partial charge in [-0.25, -0.2) is 0 Å². The number of ether oxygens (including phenoxy) is 1. The van der Waals surface area contributed by atoms with E-state index in [1.165, 1.54) is 5.56 Å². The van der Waals surface area contributed by atoms with Crippen LogP contribution in [-0.4, -0.2) is 19.1 Å². The molecule has 0 aliphatic rings. The first kappa shape index (κ1) is 17.1. The van der Waals surface area contributed by atoms with Gasteiger partial charge in [0.15, 0.2) is 0 Å².